The summed E-state index contributed by atoms with van der Waals surface area (Å²) in [6, 6.07) is 0. The van der Waals surface area contributed by atoms with Crippen LogP contribution in [0.5, 0.6) is 0 Å². The number of aromatic nitrogens is 3. The van der Waals surface area contributed by atoms with Crippen molar-refractivity contribution in [2.75, 3.05) is 32.7 Å². The number of aryl methyl sites for hydroxylation is 1. The van der Waals surface area contributed by atoms with Crippen molar-refractivity contribution in [1.82, 2.24) is 30.3 Å². The lowest BCUT2D eigenvalue weighted by molar-refractivity contribution is 0.0620. The molecule has 2 aromatic rings. The first-order chi connectivity index (χ1) is 11.7. The minimum Gasteiger partial charge on any atom is -0.335 e. The van der Waals surface area contributed by atoms with Crippen LogP contribution in [0.1, 0.15) is 32.4 Å². The highest BCUT2D eigenvalue weighted by molar-refractivity contribution is 7.09. The number of carbonyl (C=O) groups excluding carboxylic acids is 1. The Bertz CT molecular complexity index is 737. The molecule has 0 aromatic carbocycles. The van der Waals surface area contributed by atoms with Crippen LogP contribution in [0, 0.1) is 6.92 Å². The lowest BCUT2D eigenvalue weighted by Gasteiger charge is -2.34. The van der Waals surface area contributed by atoms with Crippen molar-refractivity contribution in [2.45, 2.75) is 26.4 Å². The first-order valence-corrected chi connectivity index (χ1v) is 9.28. The summed E-state index contributed by atoms with van der Waals surface area (Å²) < 4.78 is 0. The number of fused-ring (bicyclic) bond motifs is 1. The number of H-pyrrole nitrogens is 1. The zero-order valence-electron chi connectivity index (χ0n) is 14.2. The maximum atomic E-state index is 12.8. The summed E-state index contributed by atoms with van der Waals surface area (Å²) in [4.78, 5) is 21.6. The quantitative estimate of drug-likeness (QED) is 0.834. The third-order valence-electron chi connectivity index (χ3n) is 4.72. The fourth-order valence-corrected chi connectivity index (χ4v) is 3.97. The van der Waals surface area contributed by atoms with Gasteiger partial charge in [0.2, 0.25) is 0 Å². The van der Waals surface area contributed by atoms with Crippen molar-refractivity contribution < 1.29 is 4.79 Å². The van der Waals surface area contributed by atoms with Gasteiger partial charge >= 0.3 is 0 Å². The van der Waals surface area contributed by atoms with Gasteiger partial charge < -0.3 is 10.2 Å². The molecule has 2 N–H and O–H groups in total. The smallest absolute Gasteiger partial charge is 0.274 e. The Morgan fingerprint density at radius 2 is 2.12 bits per heavy atom. The number of nitrogens with one attached hydrogen (secondary N) is 2. The van der Waals surface area contributed by atoms with Gasteiger partial charge in [-0.1, -0.05) is 0 Å². The first-order valence-electron chi connectivity index (χ1n) is 8.40. The van der Waals surface area contributed by atoms with Crippen molar-refractivity contribution in [2.24, 2.45) is 0 Å². The third-order valence-corrected chi connectivity index (χ3v) is 5.54. The molecule has 25 heavy (non-hydrogen) atoms. The van der Waals surface area contributed by atoms with Crippen LogP contribution < -0.4 is 5.32 Å². The van der Waals surface area contributed by atoms with Crippen LogP contribution in [0.4, 0.5) is 0 Å². The predicted molar refractivity (Wildman–Crippen MR) is 99.3 cm³/mol. The summed E-state index contributed by atoms with van der Waals surface area (Å²) in [5, 5.41) is 13.9. The van der Waals surface area contributed by atoms with Crippen LogP contribution in [0.25, 0.3) is 0 Å². The SMILES string of the molecule is Cc1nc(CN2CCN(C(=O)c3n[nH]c4c3CNCC4)CC2)cs1.Cl. The zero-order chi connectivity index (χ0) is 16.5. The number of hydrogen-bond acceptors (Lipinski definition) is 6. The highest BCUT2D eigenvalue weighted by Crippen LogP contribution is 2.18. The summed E-state index contributed by atoms with van der Waals surface area (Å²) in [7, 11) is 0. The second-order valence-electron chi connectivity index (χ2n) is 6.38. The molecule has 136 valence electrons. The summed E-state index contributed by atoms with van der Waals surface area (Å²) in [5.41, 5.74) is 3.88. The molecule has 1 amide bonds. The number of halogens is 1. The van der Waals surface area contributed by atoms with Crippen molar-refractivity contribution >= 4 is 29.7 Å². The van der Waals surface area contributed by atoms with E-state index in [4.69, 9.17) is 0 Å². The van der Waals surface area contributed by atoms with Gasteiger partial charge in [0.05, 0.1) is 10.7 Å². The second kappa shape index (κ2) is 7.82. The molecule has 0 atom stereocenters. The van der Waals surface area contributed by atoms with Gasteiger partial charge in [-0.05, 0) is 6.92 Å². The van der Waals surface area contributed by atoms with E-state index in [1.54, 1.807) is 11.3 Å². The molecule has 0 radical (unpaired) electrons. The molecule has 4 rings (SSSR count). The molecular formula is C16H23ClN6OS. The maximum absolute atomic E-state index is 12.8. The number of piperazine rings is 1. The molecule has 1 saturated heterocycles. The van der Waals surface area contributed by atoms with E-state index in [0.29, 0.717) is 5.69 Å². The molecule has 0 unspecified atom stereocenters. The Labute approximate surface area is 157 Å². The molecule has 1 fully saturated rings. The summed E-state index contributed by atoms with van der Waals surface area (Å²) in [6.45, 7) is 7.83. The molecule has 9 heteroatoms. The van der Waals surface area contributed by atoms with Gasteiger partial charge in [-0.15, -0.1) is 23.7 Å². The Kier molecular flexibility index (Phi) is 5.73. The summed E-state index contributed by atoms with van der Waals surface area (Å²) in [6.07, 6.45) is 0.913. The van der Waals surface area contributed by atoms with E-state index in [1.807, 2.05) is 11.8 Å². The largest absolute Gasteiger partial charge is 0.335 e. The molecule has 4 heterocycles. The third kappa shape index (κ3) is 3.87. The van der Waals surface area contributed by atoms with Gasteiger partial charge in [0, 0.05) is 68.9 Å². The minimum absolute atomic E-state index is 0. The zero-order valence-corrected chi connectivity index (χ0v) is 15.9. The van der Waals surface area contributed by atoms with E-state index in [-0.39, 0.29) is 18.3 Å². The van der Waals surface area contributed by atoms with E-state index < -0.39 is 0 Å². The number of thiazole rings is 1. The van der Waals surface area contributed by atoms with Crippen LogP contribution in [-0.2, 0) is 19.5 Å². The number of aromatic amines is 1. The van der Waals surface area contributed by atoms with Crippen molar-refractivity contribution in [1.29, 1.82) is 0 Å². The van der Waals surface area contributed by atoms with Gasteiger partial charge in [0.15, 0.2) is 5.69 Å². The van der Waals surface area contributed by atoms with Crippen LogP contribution >= 0.6 is 23.7 Å². The topological polar surface area (TPSA) is 77.2 Å². The normalized spacial score (nSPS) is 17.9. The molecule has 7 nitrogen and oxygen atoms in total. The Hall–Kier alpha value is -1.48. The lowest BCUT2D eigenvalue weighted by Crippen LogP contribution is -2.48. The van der Waals surface area contributed by atoms with Gasteiger partial charge in [-0.25, -0.2) is 4.98 Å². The van der Waals surface area contributed by atoms with Crippen LogP contribution in [-0.4, -0.2) is 63.6 Å². The lowest BCUT2D eigenvalue weighted by atomic mass is 10.1. The van der Waals surface area contributed by atoms with E-state index in [0.717, 1.165) is 74.2 Å². The molecule has 2 aliphatic rings. The van der Waals surface area contributed by atoms with Gasteiger partial charge in [0.1, 0.15) is 0 Å². The number of carbonyl (C=O) groups is 1. The standard InChI is InChI=1S/C16H22N6OS.ClH/c1-11-18-12(10-24-11)9-21-4-6-22(7-5-21)16(23)15-13-8-17-3-2-14(13)19-20-15;/h10,17H,2-9H2,1H3,(H,19,20);1H. The molecule has 0 aliphatic carbocycles. The van der Waals surface area contributed by atoms with E-state index >= 15 is 0 Å². The molecule has 0 bridgehead atoms. The van der Waals surface area contributed by atoms with E-state index in [9.17, 15) is 4.79 Å². The first kappa shape index (κ1) is 18.3. The fraction of sp³-hybridized carbons (Fsp3) is 0.562. The maximum Gasteiger partial charge on any atom is 0.274 e. The van der Waals surface area contributed by atoms with Crippen molar-refractivity contribution in [3.8, 4) is 0 Å². The Balaban J connectivity index is 0.00000182. The van der Waals surface area contributed by atoms with Crippen LogP contribution in [0.3, 0.4) is 0 Å². The van der Waals surface area contributed by atoms with Crippen LogP contribution in [0.2, 0.25) is 0 Å². The monoisotopic (exact) mass is 382 g/mol. The van der Waals surface area contributed by atoms with Gasteiger partial charge in [-0.2, -0.15) is 5.10 Å². The highest BCUT2D eigenvalue weighted by Gasteiger charge is 2.28. The second-order valence-corrected chi connectivity index (χ2v) is 7.44. The number of nitrogens with zero attached hydrogens (tertiary/aromatic N) is 4. The number of amides is 1. The predicted octanol–water partition coefficient (Wildman–Crippen LogP) is 1.20. The van der Waals surface area contributed by atoms with Crippen LogP contribution in [0.15, 0.2) is 5.38 Å². The number of hydrogen-bond donors (Lipinski definition) is 2. The fourth-order valence-electron chi connectivity index (χ4n) is 3.37. The number of rotatable bonds is 3. The van der Waals surface area contributed by atoms with E-state index in [1.165, 1.54) is 0 Å². The minimum atomic E-state index is 0. The average Bonchev–Trinajstić information content (AvgIpc) is 3.21. The molecule has 2 aromatic heterocycles. The average molecular weight is 383 g/mol. The molecular weight excluding hydrogens is 360 g/mol. The summed E-state index contributed by atoms with van der Waals surface area (Å²) >= 11 is 1.69. The Morgan fingerprint density at radius 1 is 1.32 bits per heavy atom. The molecule has 0 saturated carbocycles. The van der Waals surface area contributed by atoms with Gasteiger partial charge in [-0.3, -0.25) is 14.8 Å². The summed E-state index contributed by atoms with van der Waals surface area (Å²) in [5.74, 6) is 0.0559. The van der Waals surface area contributed by atoms with Gasteiger partial charge in [0.25, 0.3) is 5.91 Å². The van der Waals surface area contributed by atoms with E-state index in [2.05, 4.69) is 30.8 Å². The Morgan fingerprint density at radius 3 is 2.84 bits per heavy atom. The molecule has 2 aliphatic heterocycles. The molecule has 0 spiro atoms. The van der Waals surface area contributed by atoms with Crippen molar-refractivity contribution in [3.63, 3.8) is 0 Å². The van der Waals surface area contributed by atoms with Crippen molar-refractivity contribution in [3.05, 3.63) is 33.0 Å². The highest BCUT2D eigenvalue weighted by atomic mass is 35.5.